The molecule has 0 aliphatic carbocycles. The van der Waals surface area contributed by atoms with Gasteiger partial charge in [0, 0.05) is 30.1 Å². The smallest absolute Gasteiger partial charge is 0.145 e. The van der Waals surface area contributed by atoms with Gasteiger partial charge in [-0.25, -0.2) is 0 Å². The Morgan fingerprint density at radius 1 is 0.794 bits per heavy atom. The van der Waals surface area contributed by atoms with Crippen molar-refractivity contribution in [3.8, 4) is 11.5 Å². The standard InChI is InChI=1S/C25H25N5O2S2/c26-15-21(32-20-8-2-6-18(14-20)30-25(28)23-10-4-12-34-23)16-31-19-7-1-5-17(13-19)29-24(27)22-9-3-11-33-22/h1-14,21H,15-16,26H2,(H2,27,29)(H2,28,30)/t21-/m0/s1. The number of ether oxygens (including phenoxy) is 2. The summed E-state index contributed by atoms with van der Waals surface area (Å²) in [6.07, 6.45) is -0.354. The van der Waals surface area contributed by atoms with E-state index >= 15 is 0 Å². The first kappa shape index (κ1) is 23.5. The topological polar surface area (TPSA) is 116 Å². The summed E-state index contributed by atoms with van der Waals surface area (Å²) in [6.45, 7) is 0.550. The normalized spacial score (nSPS) is 11.4. The summed E-state index contributed by atoms with van der Waals surface area (Å²) in [7, 11) is 0. The molecule has 2 aromatic heterocycles. The monoisotopic (exact) mass is 491 g/mol. The maximum Gasteiger partial charge on any atom is 0.145 e. The van der Waals surface area contributed by atoms with Gasteiger partial charge in [-0.15, -0.1) is 22.7 Å². The van der Waals surface area contributed by atoms with Crippen LogP contribution in [0.2, 0.25) is 0 Å². The Kier molecular flexibility index (Phi) is 7.92. The highest BCUT2D eigenvalue weighted by Gasteiger charge is 2.12. The molecule has 0 spiro atoms. The summed E-state index contributed by atoms with van der Waals surface area (Å²) < 4.78 is 12.0. The second-order valence-electron chi connectivity index (χ2n) is 7.30. The lowest BCUT2D eigenvalue weighted by Gasteiger charge is -2.19. The summed E-state index contributed by atoms with van der Waals surface area (Å²) in [4.78, 5) is 1.73. The van der Waals surface area contributed by atoms with E-state index in [1.165, 1.54) is 22.7 Å². The fourth-order valence-electron chi connectivity index (χ4n) is 3.10. The number of hydrogen-bond acceptors (Lipinski definition) is 7. The minimum atomic E-state index is -0.354. The molecule has 4 rings (SSSR count). The third-order valence-electron chi connectivity index (χ3n) is 4.74. The Morgan fingerprint density at radius 2 is 1.35 bits per heavy atom. The van der Waals surface area contributed by atoms with Gasteiger partial charge >= 0.3 is 0 Å². The van der Waals surface area contributed by atoms with Gasteiger partial charge in [-0.2, -0.15) is 0 Å². The third-order valence-corrected chi connectivity index (χ3v) is 6.52. The van der Waals surface area contributed by atoms with Crippen molar-refractivity contribution >= 4 is 45.7 Å². The Morgan fingerprint density at radius 3 is 1.88 bits per heavy atom. The molecule has 0 bridgehead atoms. The van der Waals surface area contributed by atoms with Gasteiger partial charge in [0.25, 0.3) is 0 Å². The molecule has 6 N–H and O–H groups in total. The van der Waals surface area contributed by atoms with E-state index in [0.29, 0.717) is 23.2 Å². The molecule has 4 aromatic rings. The largest absolute Gasteiger partial charge is 0.490 e. The van der Waals surface area contributed by atoms with Crippen molar-refractivity contribution in [2.75, 3.05) is 23.8 Å². The molecule has 0 saturated carbocycles. The summed E-state index contributed by atoms with van der Waals surface area (Å²) in [5, 5.41) is 26.4. The van der Waals surface area contributed by atoms with Crippen molar-refractivity contribution < 1.29 is 9.47 Å². The third kappa shape index (κ3) is 6.44. The molecule has 2 aromatic carbocycles. The zero-order chi connectivity index (χ0) is 23.8. The fourth-order valence-corrected chi connectivity index (χ4v) is 4.36. The van der Waals surface area contributed by atoms with Crippen LogP contribution in [0, 0.1) is 10.8 Å². The summed E-state index contributed by atoms with van der Waals surface area (Å²) >= 11 is 3.02. The van der Waals surface area contributed by atoms with E-state index in [-0.39, 0.29) is 19.3 Å². The Labute approximate surface area is 206 Å². The van der Waals surface area contributed by atoms with E-state index < -0.39 is 0 Å². The van der Waals surface area contributed by atoms with Crippen LogP contribution in [-0.4, -0.2) is 30.9 Å². The number of nitrogens with one attached hydrogen (secondary N) is 4. The Hall–Kier alpha value is -3.66. The number of rotatable bonds is 10. The van der Waals surface area contributed by atoms with Crippen LogP contribution in [-0.2, 0) is 0 Å². The number of hydrogen-bond donors (Lipinski definition) is 5. The number of anilines is 2. The van der Waals surface area contributed by atoms with Gasteiger partial charge in [-0.1, -0.05) is 24.3 Å². The second kappa shape index (κ2) is 11.5. The van der Waals surface area contributed by atoms with Crippen LogP contribution >= 0.6 is 22.7 Å². The average Bonchev–Trinajstić information content (AvgIpc) is 3.57. The molecule has 1 atom stereocenters. The van der Waals surface area contributed by atoms with Crippen LogP contribution < -0.4 is 25.8 Å². The zero-order valence-electron chi connectivity index (χ0n) is 18.3. The van der Waals surface area contributed by atoms with E-state index in [1.54, 1.807) is 0 Å². The van der Waals surface area contributed by atoms with E-state index in [1.807, 2.05) is 83.6 Å². The molecule has 34 heavy (non-hydrogen) atoms. The van der Waals surface area contributed by atoms with Crippen LogP contribution in [0.15, 0.2) is 83.6 Å². The lowest BCUT2D eigenvalue weighted by atomic mass is 10.2. The summed E-state index contributed by atoms with van der Waals surface area (Å²) in [6, 6.07) is 22.5. The predicted octanol–water partition coefficient (Wildman–Crippen LogP) is 5.47. The molecule has 9 heteroatoms. The highest BCUT2D eigenvalue weighted by Crippen LogP contribution is 2.22. The van der Waals surface area contributed by atoms with Crippen LogP contribution in [0.25, 0.3) is 0 Å². The molecule has 0 saturated heterocycles. The first-order chi connectivity index (χ1) is 16.6. The van der Waals surface area contributed by atoms with Gasteiger partial charge in [-0.3, -0.25) is 10.8 Å². The highest BCUT2D eigenvalue weighted by atomic mass is 32.1. The zero-order valence-corrected chi connectivity index (χ0v) is 19.9. The van der Waals surface area contributed by atoms with E-state index in [4.69, 9.17) is 26.0 Å². The molecular weight excluding hydrogens is 466 g/mol. The molecule has 0 aliphatic rings. The molecular formula is C25H25N5O2S2. The molecule has 0 fully saturated rings. The number of nitrogens with two attached hydrogens (primary N) is 1. The van der Waals surface area contributed by atoms with Crippen molar-refractivity contribution in [3.05, 3.63) is 93.3 Å². The molecule has 0 radical (unpaired) electrons. The molecule has 0 amide bonds. The van der Waals surface area contributed by atoms with Crippen LogP contribution in [0.1, 0.15) is 9.75 Å². The van der Waals surface area contributed by atoms with E-state index in [0.717, 1.165) is 21.1 Å². The quantitative estimate of drug-likeness (QED) is 0.149. The van der Waals surface area contributed by atoms with Crippen molar-refractivity contribution in [1.82, 2.24) is 0 Å². The summed E-state index contributed by atoms with van der Waals surface area (Å²) in [5.41, 5.74) is 7.46. The first-order valence-electron chi connectivity index (χ1n) is 10.6. The lowest BCUT2D eigenvalue weighted by Crippen LogP contribution is -2.32. The van der Waals surface area contributed by atoms with Crippen molar-refractivity contribution in [3.63, 3.8) is 0 Å². The fraction of sp³-hybridized carbons (Fsp3) is 0.120. The maximum absolute atomic E-state index is 8.19. The van der Waals surface area contributed by atoms with Gasteiger partial charge in [0.1, 0.15) is 35.9 Å². The molecule has 0 unspecified atom stereocenters. The lowest BCUT2D eigenvalue weighted by molar-refractivity contribution is 0.135. The number of thiophene rings is 2. The minimum absolute atomic E-state index is 0.269. The molecule has 7 nitrogen and oxygen atoms in total. The SMILES string of the molecule is N=C(Nc1cccc(OC[C@H](CN)Oc2cccc(NC(=N)c3cccs3)c2)c1)c1cccs1. The van der Waals surface area contributed by atoms with Gasteiger partial charge in [0.05, 0.1) is 9.75 Å². The van der Waals surface area contributed by atoms with Crippen molar-refractivity contribution in [2.24, 2.45) is 5.73 Å². The highest BCUT2D eigenvalue weighted by molar-refractivity contribution is 7.12. The van der Waals surface area contributed by atoms with Crippen LogP contribution in [0.5, 0.6) is 11.5 Å². The Bertz CT molecular complexity index is 1230. The molecule has 2 heterocycles. The van der Waals surface area contributed by atoms with E-state index in [9.17, 15) is 0 Å². The van der Waals surface area contributed by atoms with Crippen LogP contribution in [0.4, 0.5) is 11.4 Å². The van der Waals surface area contributed by atoms with Gasteiger partial charge in [0.2, 0.25) is 0 Å². The van der Waals surface area contributed by atoms with Gasteiger partial charge < -0.3 is 25.8 Å². The molecule has 0 aliphatic heterocycles. The number of benzene rings is 2. The predicted molar refractivity (Wildman–Crippen MR) is 141 cm³/mol. The van der Waals surface area contributed by atoms with Gasteiger partial charge in [-0.05, 0) is 47.2 Å². The number of amidine groups is 2. The van der Waals surface area contributed by atoms with Crippen molar-refractivity contribution in [1.29, 1.82) is 10.8 Å². The second-order valence-corrected chi connectivity index (χ2v) is 9.19. The van der Waals surface area contributed by atoms with Crippen LogP contribution in [0.3, 0.4) is 0 Å². The Balaban J connectivity index is 1.32. The maximum atomic E-state index is 8.19. The minimum Gasteiger partial charge on any atom is -0.490 e. The molecule has 174 valence electrons. The average molecular weight is 492 g/mol. The van der Waals surface area contributed by atoms with Crippen molar-refractivity contribution in [2.45, 2.75) is 6.10 Å². The first-order valence-corrected chi connectivity index (χ1v) is 12.3. The van der Waals surface area contributed by atoms with E-state index in [2.05, 4.69) is 10.6 Å². The van der Waals surface area contributed by atoms with Gasteiger partial charge in [0.15, 0.2) is 0 Å². The summed E-state index contributed by atoms with van der Waals surface area (Å²) in [5.74, 6) is 1.98.